The molecule has 0 bridgehead atoms. The summed E-state index contributed by atoms with van der Waals surface area (Å²) < 4.78 is 5.26. The van der Waals surface area contributed by atoms with E-state index in [9.17, 15) is 0 Å². The molecule has 1 aromatic rings. The number of aromatic hydroxyl groups is 1. The van der Waals surface area contributed by atoms with Crippen LogP contribution in [0.4, 0.5) is 0 Å². The molecule has 0 atom stereocenters. The number of ether oxygens (including phenoxy) is 1. The van der Waals surface area contributed by atoms with Gasteiger partial charge in [0.15, 0.2) is 0 Å². The maximum absolute atomic E-state index is 9.07. The molecule has 0 saturated heterocycles. The fourth-order valence-electron chi connectivity index (χ4n) is 1.23. The number of rotatable bonds is 6. The molecule has 1 aromatic heterocycles. The fourth-order valence-corrected chi connectivity index (χ4v) is 1.23. The molecule has 0 amide bonds. The Kier molecular flexibility index (Phi) is 5.07. The van der Waals surface area contributed by atoms with Crippen molar-refractivity contribution in [1.82, 2.24) is 9.88 Å². The van der Waals surface area contributed by atoms with Crippen molar-refractivity contribution in [3.63, 3.8) is 0 Å². The molecule has 0 unspecified atom stereocenters. The van der Waals surface area contributed by atoms with E-state index in [-0.39, 0.29) is 5.75 Å². The number of likely N-dealkylation sites (N-methyl/N-ethyl adjacent to an activating group) is 1. The van der Waals surface area contributed by atoms with Crippen LogP contribution in [0.15, 0.2) is 18.3 Å². The second-order valence-electron chi connectivity index (χ2n) is 3.44. The van der Waals surface area contributed by atoms with Crippen LogP contribution in [0.5, 0.6) is 5.75 Å². The summed E-state index contributed by atoms with van der Waals surface area (Å²) >= 11 is 0. The van der Waals surface area contributed by atoms with Gasteiger partial charge in [-0.05, 0) is 26.1 Å². The Hall–Kier alpha value is -1.13. The minimum Gasteiger partial charge on any atom is -0.506 e. The molecule has 1 heterocycles. The minimum atomic E-state index is 0.204. The van der Waals surface area contributed by atoms with E-state index in [1.165, 1.54) is 6.20 Å². The highest BCUT2D eigenvalue weighted by Gasteiger charge is 2.01. The predicted molar refractivity (Wildman–Crippen MR) is 58.7 cm³/mol. The zero-order valence-corrected chi connectivity index (χ0v) is 9.31. The highest BCUT2D eigenvalue weighted by molar-refractivity contribution is 5.17. The van der Waals surface area contributed by atoms with Gasteiger partial charge in [-0.3, -0.25) is 9.88 Å². The summed E-state index contributed by atoms with van der Waals surface area (Å²) in [7, 11) is 2.02. The summed E-state index contributed by atoms with van der Waals surface area (Å²) in [6.07, 6.45) is 1.46. The van der Waals surface area contributed by atoms with Gasteiger partial charge >= 0.3 is 0 Å². The maximum Gasteiger partial charge on any atom is 0.133 e. The summed E-state index contributed by atoms with van der Waals surface area (Å²) in [5.41, 5.74) is 0.951. The van der Waals surface area contributed by atoms with E-state index in [0.717, 1.165) is 32.0 Å². The largest absolute Gasteiger partial charge is 0.506 e. The summed E-state index contributed by atoms with van der Waals surface area (Å²) in [6, 6.07) is 3.48. The predicted octanol–water partition coefficient (Wildman–Crippen LogP) is 1.26. The molecule has 4 nitrogen and oxygen atoms in total. The SMILES string of the molecule is CCOCCN(C)Cc1ccc(O)cn1. The molecule has 1 rings (SSSR count). The van der Waals surface area contributed by atoms with Crippen LogP contribution in [0.25, 0.3) is 0 Å². The Morgan fingerprint density at radius 3 is 2.87 bits per heavy atom. The zero-order valence-electron chi connectivity index (χ0n) is 9.31. The quantitative estimate of drug-likeness (QED) is 0.718. The zero-order chi connectivity index (χ0) is 11.1. The van der Waals surface area contributed by atoms with Crippen LogP contribution < -0.4 is 0 Å². The monoisotopic (exact) mass is 210 g/mol. The Labute approximate surface area is 90.5 Å². The van der Waals surface area contributed by atoms with Gasteiger partial charge in [-0.15, -0.1) is 0 Å². The van der Waals surface area contributed by atoms with Crippen molar-refractivity contribution >= 4 is 0 Å². The third-order valence-corrected chi connectivity index (χ3v) is 2.06. The highest BCUT2D eigenvalue weighted by atomic mass is 16.5. The molecule has 4 heteroatoms. The van der Waals surface area contributed by atoms with Crippen molar-refractivity contribution in [2.24, 2.45) is 0 Å². The lowest BCUT2D eigenvalue weighted by atomic mass is 10.3. The molecule has 0 aliphatic heterocycles. The van der Waals surface area contributed by atoms with Gasteiger partial charge in [-0.2, -0.15) is 0 Å². The molecule has 0 radical (unpaired) electrons. The second kappa shape index (κ2) is 6.37. The van der Waals surface area contributed by atoms with Crippen LogP contribution in [0.3, 0.4) is 0 Å². The van der Waals surface area contributed by atoms with E-state index in [1.807, 2.05) is 20.0 Å². The normalized spacial score (nSPS) is 10.9. The van der Waals surface area contributed by atoms with Crippen molar-refractivity contribution in [1.29, 1.82) is 0 Å². The molecular formula is C11H18N2O2. The Bertz CT molecular complexity index is 274. The molecule has 0 aromatic carbocycles. The van der Waals surface area contributed by atoms with Crippen LogP contribution in [0, 0.1) is 0 Å². The van der Waals surface area contributed by atoms with Gasteiger partial charge in [0, 0.05) is 19.7 Å². The first kappa shape index (κ1) is 11.9. The van der Waals surface area contributed by atoms with Crippen LogP contribution in [0.2, 0.25) is 0 Å². The van der Waals surface area contributed by atoms with Gasteiger partial charge in [-0.1, -0.05) is 0 Å². The van der Waals surface area contributed by atoms with Crippen LogP contribution in [-0.2, 0) is 11.3 Å². The van der Waals surface area contributed by atoms with Gasteiger partial charge in [-0.25, -0.2) is 0 Å². The van der Waals surface area contributed by atoms with E-state index >= 15 is 0 Å². The average molecular weight is 210 g/mol. The second-order valence-corrected chi connectivity index (χ2v) is 3.44. The number of hydrogen-bond donors (Lipinski definition) is 1. The summed E-state index contributed by atoms with van der Waals surface area (Å²) in [6.45, 7) is 5.14. The maximum atomic E-state index is 9.07. The third-order valence-electron chi connectivity index (χ3n) is 2.06. The average Bonchev–Trinajstić information content (AvgIpc) is 2.22. The molecule has 0 spiro atoms. The molecular weight excluding hydrogens is 192 g/mol. The van der Waals surface area contributed by atoms with Crippen LogP contribution in [-0.4, -0.2) is 41.8 Å². The lowest BCUT2D eigenvalue weighted by molar-refractivity contribution is 0.120. The Morgan fingerprint density at radius 2 is 2.27 bits per heavy atom. The van der Waals surface area contributed by atoms with Crippen molar-refractivity contribution < 1.29 is 9.84 Å². The van der Waals surface area contributed by atoms with E-state index in [1.54, 1.807) is 6.07 Å². The minimum absolute atomic E-state index is 0.204. The van der Waals surface area contributed by atoms with E-state index in [4.69, 9.17) is 9.84 Å². The topological polar surface area (TPSA) is 45.6 Å². The molecule has 84 valence electrons. The van der Waals surface area contributed by atoms with Crippen molar-refractivity contribution in [2.45, 2.75) is 13.5 Å². The number of nitrogens with zero attached hydrogens (tertiary/aromatic N) is 2. The highest BCUT2D eigenvalue weighted by Crippen LogP contribution is 2.07. The third kappa shape index (κ3) is 4.76. The smallest absolute Gasteiger partial charge is 0.133 e. The number of hydrogen-bond acceptors (Lipinski definition) is 4. The Balaban J connectivity index is 2.31. The van der Waals surface area contributed by atoms with Crippen molar-refractivity contribution in [3.05, 3.63) is 24.0 Å². The van der Waals surface area contributed by atoms with E-state index in [0.29, 0.717) is 0 Å². The standard InChI is InChI=1S/C11H18N2O2/c1-3-15-7-6-13(2)9-10-4-5-11(14)8-12-10/h4-5,8,14H,3,6-7,9H2,1-2H3. The van der Waals surface area contributed by atoms with Gasteiger partial charge in [0.1, 0.15) is 5.75 Å². The van der Waals surface area contributed by atoms with E-state index in [2.05, 4.69) is 9.88 Å². The van der Waals surface area contributed by atoms with Gasteiger partial charge in [0.25, 0.3) is 0 Å². The molecule has 1 N–H and O–H groups in total. The van der Waals surface area contributed by atoms with Crippen LogP contribution in [0.1, 0.15) is 12.6 Å². The summed E-state index contributed by atoms with van der Waals surface area (Å²) in [5, 5.41) is 9.07. The molecule has 0 saturated carbocycles. The lowest BCUT2D eigenvalue weighted by Crippen LogP contribution is -2.23. The summed E-state index contributed by atoms with van der Waals surface area (Å²) in [5.74, 6) is 0.204. The van der Waals surface area contributed by atoms with Crippen molar-refractivity contribution in [2.75, 3.05) is 26.8 Å². The first-order valence-electron chi connectivity index (χ1n) is 5.12. The fraction of sp³-hybridized carbons (Fsp3) is 0.545. The molecule has 0 aliphatic carbocycles. The molecule has 0 aliphatic rings. The van der Waals surface area contributed by atoms with E-state index < -0.39 is 0 Å². The number of pyridine rings is 1. The Morgan fingerprint density at radius 1 is 1.47 bits per heavy atom. The lowest BCUT2D eigenvalue weighted by Gasteiger charge is -2.15. The van der Waals surface area contributed by atoms with Gasteiger partial charge in [0.2, 0.25) is 0 Å². The summed E-state index contributed by atoms with van der Waals surface area (Å²) in [4.78, 5) is 6.25. The first-order chi connectivity index (χ1) is 7.22. The van der Waals surface area contributed by atoms with Crippen LogP contribution >= 0.6 is 0 Å². The first-order valence-corrected chi connectivity index (χ1v) is 5.12. The van der Waals surface area contributed by atoms with Crippen molar-refractivity contribution in [3.8, 4) is 5.75 Å². The molecule has 15 heavy (non-hydrogen) atoms. The van der Waals surface area contributed by atoms with Gasteiger partial charge in [0.05, 0.1) is 18.5 Å². The number of aromatic nitrogens is 1. The van der Waals surface area contributed by atoms with Gasteiger partial charge < -0.3 is 9.84 Å². The molecule has 0 fully saturated rings.